The summed E-state index contributed by atoms with van der Waals surface area (Å²) in [5.41, 5.74) is 2.92. The van der Waals surface area contributed by atoms with Gasteiger partial charge in [0.05, 0.1) is 4.90 Å². The zero-order valence-electron chi connectivity index (χ0n) is 17.6. The van der Waals surface area contributed by atoms with Gasteiger partial charge < -0.3 is 10.2 Å². The van der Waals surface area contributed by atoms with E-state index < -0.39 is 9.84 Å². The summed E-state index contributed by atoms with van der Waals surface area (Å²) in [4.78, 5) is 17.9. The molecule has 0 bridgehead atoms. The number of nitrogens with one attached hydrogen (secondary N) is 1. The highest BCUT2D eigenvalue weighted by molar-refractivity contribution is 7.90. The Kier molecular flexibility index (Phi) is 5.84. The van der Waals surface area contributed by atoms with Crippen LogP contribution in [0.15, 0.2) is 47.4 Å². The van der Waals surface area contributed by atoms with E-state index in [0.29, 0.717) is 11.3 Å². The van der Waals surface area contributed by atoms with E-state index in [9.17, 15) is 13.2 Å². The molecular weight excluding hydrogens is 398 g/mol. The minimum atomic E-state index is -3.37. The van der Waals surface area contributed by atoms with Crippen LogP contribution in [-0.4, -0.2) is 58.2 Å². The monoisotopic (exact) mass is 427 g/mol. The number of rotatable bonds is 6. The Morgan fingerprint density at radius 3 is 2.47 bits per heavy atom. The van der Waals surface area contributed by atoms with Gasteiger partial charge in [0.25, 0.3) is 5.91 Å². The van der Waals surface area contributed by atoms with Crippen LogP contribution in [0.3, 0.4) is 0 Å². The van der Waals surface area contributed by atoms with Crippen LogP contribution in [0.4, 0.5) is 11.4 Å². The Labute approximate surface area is 178 Å². The van der Waals surface area contributed by atoms with Crippen LogP contribution < -0.4 is 10.2 Å². The van der Waals surface area contributed by atoms with E-state index in [2.05, 4.69) is 21.2 Å². The number of amides is 1. The number of carbonyl (C=O) groups is 1. The second-order valence-corrected chi connectivity index (χ2v) is 10.5. The first-order chi connectivity index (χ1) is 14.3. The highest BCUT2D eigenvalue weighted by atomic mass is 32.2. The number of hydrogen-bond donors (Lipinski definition) is 1. The summed E-state index contributed by atoms with van der Waals surface area (Å²) < 4.78 is 23.7. The van der Waals surface area contributed by atoms with Gasteiger partial charge in [-0.3, -0.25) is 9.69 Å². The average molecular weight is 428 g/mol. The van der Waals surface area contributed by atoms with Gasteiger partial charge in [-0.25, -0.2) is 8.42 Å². The van der Waals surface area contributed by atoms with Gasteiger partial charge in [0.2, 0.25) is 0 Å². The maximum Gasteiger partial charge on any atom is 0.255 e. The highest BCUT2D eigenvalue weighted by Crippen LogP contribution is 2.30. The summed E-state index contributed by atoms with van der Waals surface area (Å²) in [6.45, 7) is 7.16. The molecule has 2 aliphatic rings. The standard InChI is InChI=1S/C23H29N3O3S/c1-17-6-9-21(30(2,28)29)15-22(17)23(27)24-19-4-3-5-20(14-19)26-12-10-25(11-13-26)16-18-7-8-18/h3-6,9,14-15,18H,7-8,10-13,16H2,1-2H3,(H,24,27). The molecule has 1 heterocycles. The summed E-state index contributed by atoms with van der Waals surface area (Å²) in [5, 5.41) is 2.93. The minimum absolute atomic E-state index is 0.149. The first-order valence-corrected chi connectivity index (χ1v) is 12.4. The largest absolute Gasteiger partial charge is 0.369 e. The third-order valence-electron chi connectivity index (χ3n) is 5.94. The number of hydrogen-bond acceptors (Lipinski definition) is 5. The maximum atomic E-state index is 12.8. The number of carbonyl (C=O) groups excluding carboxylic acids is 1. The normalized spacial score (nSPS) is 17.7. The fourth-order valence-corrected chi connectivity index (χ4v) is 4.56. The van der Waals surface area contributed by atoms with Gasteiger partial charge in [-0.15, -0.1) is 0 Å². The summed E-state index contributed by atoms with van der Waals surface area (Å²) in [6.07, 6.45) is 3.91. The highest BCUT2D eigenvalue weighted by Gasteiger charge is 2.26. The van der Waals surface area contributed by atoms with Crippen molar-refractivity contribution in [3.05, 3.63) is 53.6 Å². The van der Waals surface area contributed by atoms with Crippen molar-refractivity contribution in [1.82, 2.24) is 4.90 Å². The molecule has 2 aromatic carbocycles. The van der Waals surface area contributed by atoms with Crippen molar-refractivity contribution in [2.45, 2.75) is 24.7 Å². The van der Waals surface area contributed by atoms with Crippen LogP contribution in [0.25, 0.3) is 0 Å². The Morgan fingerprint density at radius 1 is 1.07 bits per heavy atom. The maximum absolute atomic E-state index is 12.8. The Morgan fingerprint density at radius 2 is 1.80 bits per heavy atom. The molecule has 0 spiro atoms. The molecule has 0 radical (unpaired) electrons. The molecule has 1 saturated heterocycles. The third kappa shape index (κ3) is 5.02. The molecule has 0 unspecified atom stereocenters. The van der Waals surface area contributed by atoms with Gasteiger partial charge in [-0.2, -0.15) is 0 Å². The zero-order chi connectivity index (χ0) is 21.3. The van der Waals surface area contributed by atoms with Crippen LogP contribution in [-0.2, 0) is 9.84 Å². The molecule has 0 aromatic heterocycles. The van der Waals surface area contributed by atoms with E-state index >= 15 is 0 Å². The van der Waals surface area contributed by atoms with Crippen molar-refractivity contribution >= 4 is 27.1 Å². The van der Waals surface area contributed by atoms with Crippen molar-refractivity contribution in [2.24, 2.45) is 5.92 Å². The van der Waals surface area contributed by atoms with Crippen molar-refractivity contribution in [3.8, 4) is 0 Å². The molecule has 7 heteroatoms. The number of benzene rings is 2. The molecule has 1 saturated carbocycles. The van der Waals surface area contributed by atoms with Gasteiger partial charge in [0.15, 0.2) is 9.84 Å². The summed E-state index contributed by atoms with van der Waals surface area (Å²) >= 11 is 0. The van der Waals surface area contributed by atoms with Gasteiger partial charge in [-0.1, -0.05) is 12.1 Å². The van der Waals surface area contributed by atoms with E-state index in [1.807, 2.05) is 18.2 Å². The first kappa shape index (κ1) is 20.9. The molecule has 1 aliphatic carbocycles. The van der Waals surface area contributed by atoms with Gasteiger partial charge in [-0.05, 0) is 61.6 Å². The average Bonchev–Trinajstić information content (AvgIpc) is 3.52. The number of aryl methyl sites for hydroxylation is 1. The number of sulfone groups is 1. The summed E-state index contributed by atoms with van der Waals surface area (Å²) in [5.74, 6) is 0.615. The lowest BCUT2D eigenvalue weighted by Gasteiger charge is -2.36. The van der Waals surface area contributed by atoms with Crippen molar-refractivity contribution in [3.63, 3.8) is 0 Å². The van der Waals surface area contributed by atoms with Gasteiger partial charge >= 0.3 is 0 Å². The molecule has 160 valence electrons. The van der Waals surface area contributed by atoms with Crippen LogP contribution in [0.2, 0.25) is 0 Å². The lowest BCUT2D eigenvalue weighted by Crippen LogP contribution is -2.47. The fraction of sp³-hybridized carbons (Fsp3) is 0.435. The Bertz CT molecular complexity index is 1040. The van der Waals surface area contributed by atoms with E-state index in [0.717, 1.165) is 49.6 Å². The van der Waals surface area contributed by atoms with Crippen molar-refractivity contribution < 1.29 is 13.2 Å². The predicted molar refractivity (Wildman–Crippen MR) is 120 cm³/mol. The predicted octanol–water partition coefficient (Wildman–Crippen LogP) is 3.18. The Hall–Kier alpha value is -2.38. The smallest absolute Gasteiger partial charge is 0.255 e. The summed E-state index contributed by atoms with van der Waals surface area (Å²) in [7, 11) is -3.37. The molecule has 30 heavy (non-hydrogen) atoms. The van der Waals surface area contributed by atoms with Crippen molar-refractivity contribution in [1.29, 1.82) is 0 Å². The van der Waals surface area contributed by atoms with Crippen molar-refractivity contribution in [2.75, 3.05) is 49.2 Å². The first-order valence-electron chi connectivity index (χ1n) is 10.5. The van der Waals surface area contributed by atoms with E-state index in [4.69, 9.17) is 0 Å². The Balaban J connectivity index is 1.44. The van der Waals surface area contributed by atoms with E-state index in [-0.39, 0.29) is 10.8 Å². The molecular formula is C23H29N3O3S. The molecule has 1 N–H and O–H groups in total. The lowest BCUT2D eigenvalue weighted by atomic mass is 10.1. The van der Waals surface area contributed by atoms with Crippen LogP contribution in [0, 0.1) is 12.8 Å². The fourth-order valence-electron chi connectivity index (χ4n) is 3.91. The molecule has 1 amide bonds. The van der Waals surface area contributed by atoms with Crippen LogP contribution in [0.1, 0.15) is 28.8 Å². The number of anilines is 2. The van der Waals surface area contributed by atoms with Crippen LogP contribution in [0.5, 0.6) is 0 Å². The van der Waals surface area contributed by atoms with Crippen LogP contribution >= 0.6 is 0 Å². The molecule has 2 fully saturated rings. The second kappa shape index (κ2) is 8.40. The number of piperazine rings is 1. The quantitative estimate of drug-likeness (QED) is 0.767. The minimum Gasteiger partial charge on any atom is -0.369 e. The van der Waals surface area contributed by atoms with Gasteiger partial charge in [0, 0.05) is 55.9 Å². The zero-order valence-corrected chi connectivity index (χ0v) is 18.4. The molecule has 2 aromatic rings. The molecule has 1 aliphatic heterocycles. The lowest BCUT2D eigenvalue weighted by molar-refractivity contribution is 0.102. The molecule has 4 rings (SSSR count). The second-order valence-electron chi connectivity index (χ2n) is 8.48. The van der Waals surface area contributed by atoms with Gasteiger partial charge in [0.1, 0.15) is 0 Å². The summed E-state index contributed by atoms with van der Waals surface area (Å²) in [6, 6.07) is 12.5. The molecule has 6 nitrogen and oxygen atoms in total. The van der Waals surface area contributed by atoms with E-state index in [1.165, 1.54) is 31.5 Å². The third-order valence-corrected chi connectivity index (χ3v) is 7.05. The molecule has 0 atom stereocenters. The number of nitrogens with zero attached hydrogens (tertiary/aromatic N) is 2. The SMILES string of the molecule is Cc1ccc(S(C)(=O)=O)cc1C(=O)Nc1cccc(N2CCN(CC3CC3)CC2)c1. The topological polar surface area (TPSA) is 69.7 Å². The van der Waals surface area contributed by atoms with E-state index in [1.54, 1.807) is 13.0 Å².